The molecule has 1 aliphatic rings. The first-order valence-electron chi connectivity index (χ1n) is 5.44. The van der Waals surface area contributed by atoms with Gasteiger partial charge in [0.15, 0.2) is 5.01 Å². The third-order valence-electron chi connectivity index (χ3n) is 2.02. The molecule has 224 valence electrons. The van der Waals surface area contributed by atoms with Crippen molar-refractivity contribution in [2.45, 2.75) is 13.0 Å². The fourth-order valence-electron chi connectivity index (χ4n) is 1.37. The summed E-state index contributed by atoms with van der Waals surface area (Å²) in [5.74, 6) is 0. The Kier molecular flexibility index (Phi) is 243. The molecule has 0 atom stereocenters. The molecule has 0 saturated heterocycles. The summed E-state index contributed by atoms with van der Waals surface area (Å²) in [6.45, 7) is 2.01. The Morgan fingerprint density at radius 1 is 0.657 bits per heavy atom. The molecule has 2 heterocycles. The second kappa shape index (κ2) is 122. The lowest BCUT2D eigenvalue weighted by Gasteiger charge is -2.20. The number of aromatic nitrogens is 1. The highest BCUT2D eigenvalue weighted by Gasteiger charge is 2.17. The summed E-state index contributed by atoms with van der Waals surface area (Å²) in [7, 11) is 2.09. The zero-order chi connectivity index (χ0) is 30.6. The Bertz CT molecular complexity index is 369. The molecular formula is C8H10F23N3S. The molecule has 1 aromatic heterocycles. The van der Waals surface area contributed by atoms with Crippen molar-refractivity contribution in [3.05, 3.63) is 15.6 Å². The molecule has 27 heteroatoms. The molecule has 0 aliphatic carbocycles. The first-order valence-corrected chi connectivity index (χ1v) is 6.25. The number of hydrogen-bond donors (Lipinski definition) is 0. The minimum absolute atomic E-state index is 0. The molecule has 0 radical (unpaired) electrons. The van der Waals surface area contributed by atoms with Crippen LogP contribution in [-0.2, 0) is 13.0 Å². The Balaban J connectivity index is -0.0000000240. The van der Waals surface area contributed by atoms with Crippen LogP contribution in [0.4, 0.5) is 105 Å². The second-order valence-corrected chi connectivity index (χ2v) is 4.07. The van der Waals surface area contributed by atoms with Crippen LogP contribution in [0.5, 0.6) is 0 Å². The van der Waals surface area contributed by atoms with Gasteiger partial charge in [-0.2, -0.15) is 5.26 Å². The van der Waals surface area contributed by atoms with Crippen LogP contribution in [0, 0.1) is 11.3 Å². The van der Waals surface area contributed by atoms with Crippen molar-refractivity contribution in [2.75, 3.05) is 13.6 Å². The minimum Gasteiger partial charge on any atom is -0.301 e. The van der Waals surface area contributed by atoms with Gasteiger partial charge < -0.3 is 4.90 Å². The normalized spacial score (nSPS) is 7.71. The first kappa shape index (κ1) is 69.8. The maximum atomic E-state index is 8.64. The summed E-state index contributed by atoms with van der Waals surface area (Å²) < 4.78 is 176. The number of thiazole rings is 1. The number of nitrogens with zero attached hydrogens (tertiary/aromatic N) is 3. The predicted molar refractivity (Wildman–Crippen MR) is 73.7 cm³/mol. The van der Waals surface area contributed by atoms with E-state index < -0.39 is 0 Å². The largest absolute Gasteiger partial charge is 0.301 e. The van der Waals surface area contributed by atoms with E-state index in [2.05, 4.69) is 23.0 Å². The van der Waals surface area contributed by atoms with Crippen molar-refractivity contribution in [3.8, 4) is 6.07 Å². The van der Waals surface area contributed by atoms with E-state index in [4.69, 9.17) is 106 Å². The van der Waals surface area contributed by atoms with E-state index in [-0.39, 0.29) is 4.70 Å². The van der Waals surface area contributed by atoms with Gasteiger partial charge in [0.1, 0.15) is 6.07 Å². The van der Waals surface area contributed by atoms with Crippen molar-refractivity contribution in [1.29, 1.82) is 5.26 Å². The molecule has 0 fully saturated rings. The number of halogens is 23. The average molecular weight is 617 g/mol. The average Bonchev–Trinajstić information content (AvgIpc) is 3.43. The monoisotopic (exact) mass is 617 g/mol. The van der Waals surface area contributed by atoms with Crippen LogP contribution < -0.4 is 0 Å². The van der Waals surface area contributed by atoms with E-state index >= 15 is 0 Å². The van der Waals surface area contributed by atoms with Crippen LogP contribution in [0.3, 0.4) is 0 Å². The second-order valence-electron chi connectivity index (χ2n) is 2.99. The lowest BCUT2D eigenvalue weighted by atomic mass is 10.2. The van der Waals surface area contributed by atoms with Crippen LogP contribution in [0.1, 0.15) is 15.6 Å². The topological polar surface area (TPSA) is 39.9 Å². The molecule has 0 N–H and O–H groups in total. The molecule has 2 rings (SSSR count). The molecule has 0 bridgehead atoms. The van der Waals surface area contributed by atoms with Gasteiger partial charge >= 0.3 is 0 Å². The Morgan fingerprint density at radius 2 is 0.943 bits per heavy atom. The molecule has 0 spiro atoms. The van der Waals surface area contributed by atoms with Crippen LogP contribution >= 0.6 is 11.3 Å². The van der Waals surface area contributed by atoms with E-state index in [0.29, 0.717) is 5.01 Å². The van der Waals surface area contributed by atoms with E-state index in [9.17, 15) is 0 Å². The van der Waals surface area contributed by atoms with Gasteiger partial charge in [0.2, 0.25) is 0 Å². The molecule has 1 aliphatic heterocycles. The molecule has 3 nitrogen and oxygen atoms in total. The summed E-state index contributed by atoms with van der Waals surface area (Å²) in [5, 5.41) is 9.24. The fraction of sp³-hybridized carbons (Fsp3) is 0.500. The molecule has 35 heavy (non-hydrogen) atoms. The van der Waals surface area contributed by atoms with Gasteiger partial charge in [-0.15, -0.1) is 11.3 Å². The van der Waals surface area contributed by atoms with Crippen LogP contribution in [0.15, 0.2) is 0 Å². The van der Waals surface area contributed by atoms with Crippen molar-refractivity contribution >= 4 is 11.3 Å². The van der Waals surface area contributed by atoms with Crippen LogP contribution in [0.25, 0.3) is 0 Å². The number of nitriles is 1. The summed E-state index contributed by atoms with van der Waals surface area (Å²) in [6.07, 6.45) is 0.990. The molecule has 0 amide bonds. The van der Waals surface area contributed by atoms with Gasteiger partial charge in [0.05, 0.1) is 5.69 Å². The maximum absolute atomic E-state index is 8.64. The standard InChI is InChI=1S/C8H9N3S.11F2.FH/c1-11-3-2-6-7(5-11)12-8(4-9)10-6;11*1-2;/h2-3,5H2,1H3;;;;;;;;;;;;1H. The third-order valence-corrected chi connectivity index (χ3v) is 3.00. The number of rotatable bonds is 0. The predicted octanol–water partition coefficient (Wildman–Crippen LogP) is 10.4. The van der Waals surface area contributed by atoms with Gasteiger partial charge in [-0.05, 0) is 7.05 Å². The van der Waals surface area contributed by atoms with Crippen molar-refractivity contribution in [1.82, 2.24) is 9.88 Å². The van der Waals surface area contributed by atoms with E-state index in [1.165, 1.54) is 16.2 Å². The molecule has 0 saturated carbocycles. The molecular weight excluding hydrogens is 607 g/mol. The van der Waals surface area contributed by atoms with Crippen molar-refractivity contribution in [3.63, 3.8) is 0 Å². The Morgan fingerprint density at radius 3 is 1.20 bits per heavy atom. The zero-order valence-corrected chi connectivity index (χ0v) is 16.4. The van der Waals surface area contributed by atoms with Gasteiger partial charge in [0.25, 0.3) is 0 Å². The Hall–Kier alpha value is -2.53. The van der Waals surface area contributed by atoms with Gasteiger partial charge in [-0.3, -0.25) is 4.70 Å². The summed E-state index contributed by atoms with van der Waals surface area (Å²) in [4.78, 5) is 7.75. The first-order chi connectivity index (χ1) is 16.8. The number of fused-ring (bicyclic) bond motifs is 1. The smallest absolute Gasteiger partial charge is 0.194 e. The van der Waals surface area contributed by atoms with E-state index in [0.717, 1.165) is 25.2 Å². The highest BCUT2D eigenvalue weighted by atomic mass is 32.1. The number of hydrogen-bond acceptors (Lipinski definition) is 4. The summed E-state index contributed by atoms with van der Waals surface area (Å²) in [6, 6.07) is 2.09. The van der Waals surface area contributed by atoms with Crippen LogP contribution in [0.2, 0.25) is 0 Å². The van der Waals surface area contributed by atoms with Gasteiger partial charge in [0, 0.05) is 125 Å². The SMILES string of the molecule is CN1CCc2nc(C#N)sc2C1.F.FF.FF.FF.FF.FF.FF.FF.FF.FF.FF.FF. The molecule has 1 aromatic rings. The highest BCUT2D eigenvalue weighted by Crippen LogP contribution is 2.23. The van der Waals surface area contributed by atoms with Gasteiger partial charge in [-0.1, -0.05) is 0 Å². The quantitative estimate of drug-likeness (QED) is 0.272. The summed E-state index contributed by atoms with van der Waals surface area (Å²) >= 11 is 1.53. The summed E-state index contributed by atoms with van der Waals surface area (Å²) in [5.41, 5.74) is 1.13. The molecule has 0 aromatic carbocycles. The van der Waals surface area contributed by atoms with E-state index in [1.54, 1.807) is 0 Å². The highest BCUT2D eigenvalue weighted by molar-refractivity contribution is 7.12. The van der Waals surface area contributed by atoms with Crippen LogP contribution in [-0.4, -0.2) is 23.5 Å². The number of likely N-dealkylation sites (N-methyl/N-ethyl adjacent to an activating group) is 1. The van der Waals surface area contributed by atoms with Crippen molar-refractivity contribution in [2.24, 2.45) is 0 Å². The van der Waals surface area contributed by atoms with E-state index in [1.807, 2.05) is 0 Å². The van der Waals surface area contributed by atoms with Crippen molar-refractivity contribution < 1.29 is 105 Å². The maximum Gasteiger partial charge on any atom is 0.194 e. The van der Waals surface area contributed by atoms with Gasteiger partial charge in [-0.25, -0.2) is 4.98 Å². The third kappa shape index (κ3) is 65.2. The minimum atomic E-state index is 0. The lowest BCUT2D eigenvalue weighted by Crippen LogP contribution is -2.25. The zero-order valence-electron chi connectivity index (χ0n) is 15.6. The molecule has 0 unspecified atom stereocenters. The fourth-order valence-corrected chi connectivity index (χ4v) is 2.36. The lowest BCUT2D eigenvalue weighted by molar-refractivity contribution is 0.108. The Labute approximate surface area is 181 Å².